The zero-order chi connectivity index (χ0) is 16.2. The molecule has 2 aromatic carbocycles. The van der Waals surface area contributed by atoms with Crippen molar-refractivity contribution in [3.8, 4) is 11.3 Å². The van der Waals surface area contributed by atoms with Crippen LogP contribution < -0.4 is 5.32 Å². The molecule has 0 aliphatic carbocycles. The predicted molar refractivity (Wildman–Crippen MR) is 96.1 cm³/mol. The maximum Gasteiger partial charge on any atom is 0.230 e. The molecular weight excluding hydrogens is 328 g/mol. The Morgan fingerprint density at radius 3 is 2.74 bits per heavy atom. The molecule has 3 nitrogen and oxygen atoms in total. The Morgan fingerprint density at radius 2 is 2.00 bits per heavy atom. The van der Waals surface area contributed by atoms with Crippen LogP contribution in [0.3, 0.4) is 0 Å². The Balaban J connectivity index is 1.66. The fourth-order valence-corrected chi connectivity index (χ4v) is 3.09. The SMILES string of the molecule is Cc1ccc(CC(=O)Nc2nc(-c3cccc(Cl)c3)cs2)cc1. The summed E-state index contributed by atoms with van der Waals surface area (Å²) >= 11 is 7.40. The number of hydrogen-bond donors (Lipinski definition) is 1. The van der Waals surface area contributed by atoms with Gasteiger partial charge in [-0.15, -0.1) is 11.3 Å². The summed E-state index contributed by atoms with van der Waals surface area (Å²) in [6.07, 6.45) is 0.340. The number of aromatic nitrogens is 1. The zero-order valence-electron chi connectivity index (χ0n) is 12.5. The van der Waals surface area contributed by atoms with Crippen molar-refractivity contribution in [2.24, 2.45) is 0 Å². The first-order valence-electron chi connectivity index (χ1n) is 7.17. The largest absolute Gasteiger partial charge is 0.302 e. The zero-order valence-corrected chi connectivity index (χ0v) is 14.1. The summed E-state index contributed by atoms with van der Waals surface area (Å²) < 4.78 is 0. The molecule has 0 radical (unpaired) electrons. The molecule has 1 heterocycles. The molecule has 0 bridgehead atoms. The normalized spacial score (nSPS) is 10.5. The second kappa shape index (κ2) is 6.94. The molecule has 0 unspecified atom stereocenters. The minimum absolute atomic E-state index is 0.0687. The molecule has 5 heteroatoms. The minimum Gasteiger partial charge on any atom is -0.302 e. The summed E-state index contributed by atoms with van der Waals surface area (Å²) in [5, 5.41) is 6.02. The molecule has 0 saturated carbocycles. The van der Waals surface area contributed by atoms with E-state index in [-0.39, 0.29) is 5.91 Å². The van der Waals surface area contributed by atoms with E-state index < -0.39 is 0 Å². The van der Waals surface area contributed by atoms with Gasteiger partial charge in [0.2, 0.25) is 5.91 Å². The molecule has 1 aromatic heterocycles. The highest BCUT2D eigenvalue weighted by atomic mass is 35.5. The molecule has 0 fully saturated rings. The first-order chi connectivity index (χ1) is 11.1. The Bertz CT molecular complexity index is 827. The minimum atomic E-state index is -0.0687. The van der Waals surface area contributed by atoms with Crippen LogP contribution in [0.25, 0.3) is 11.3 Å². The molecule has 0 atom stereocenters. The van der Waals surface area contributed by atoms with Crippen LogP contribution in [0.1, 0.15) is 11.1 Å². The first kappa shape index (κ1) is 15.7. The molecular formula is C18H15ClN2OS. The quantitative estimate of drug-likeness (QED) is 0.728. The number of carbonyl (C=O) groups is 1. The van der Waals surface area contributed by atoms with Crippen LogP contribution in [-0.2, 0) is 11.2 Å². The van der Waals surface area contributed by atoms with Gasteiger partial charge in [0.15, 0.2) is 5.13 Å². The highest BCUT2D eigenvalue weighted by Gasteiger charge is 2.09. The molecule has 0 spiro atoms. The fraction of sp³-hybridized carbons (Fsp3) is 0.111. The smallest absolute Gasteiger partial charge is 0.230 e. The summed E-state index contributed by atoms with van der Waals surface area (Å²) in [5.41, 5.74) is 3.91. The molecule has 0 saturated heterocycles. The Morgan fingerprint density at radius 1 is 1.22 bits per heavy atom. The lowest BCUT2D eigenvalue weighted by Crippen LogP contribution is -2.14. The van der Waals surface area contributed by atoms with Gasteiger partial charge in [-0.3, -0.25) is 4.79 Å². The lowest BCUT2D eigenvalue weighted by molar-refractivity contribution is -0.115. The molecule has 0 aliphatic heterocycles. The topological polar surface area (TPSA) is 42.0 Å². The van der Waals surface area contributed by atoms with Crippen molar-refractivity contribution in [3.05, 3.63) is 70.1 Å². The van der Waals surface area contributed by atoms with Crippen molar-refractivity contribution in [3.63, 3.8) is 0 Å². The molecule has 23 heavy (non-hydrogen) atoms. The number of thiazole rings is 1. The molecule has 116 valence electrons. The molecule has 1 N–H and O–H groups in total. The monoisotopic (exact) mass is 342 g/mol. The van der Waals surface area contributed by atoms with Crippen molar-refractivity contribution in [2.45, 2.75) is 13.3 Å². The Labute approximate surface area is 144 Å². The van der Waals surface area contributed by atoms with Gasteiger partial charge in [-0.1, -0.05) is 53.6 Å². The summed E-state index contributed by atoms with van der Waals surface area (Å²) in [6.45, 7) is 2.02. The maximum absolute atomic E-state index is 12.1. The van der Waals surface area contributed by atoms with Crippen molar-refractivity contribution in [1.29, 1.82) is 0 Å². The van der Waals surface area contributed by atoms with Gasteiger partial charge < -0.3 is 5.32 Å². The highest BCUT2D eigenvalue weighted by molar-refractivity contribution is 7.14. The number of amides is 1. The average Bonchev–Trinajstić information content (AvgIpc) is 2.98. The van der Waals surface area contributed by atoms with E-state index in [1.165, 1.54) is 16.9 Å². The van der Waals surface area contributed by atoms with Gasteiger partial charge in [-0.05, 0) is 24.6 Å². The molecule has 3 aromatic rings. The number of benzene rings is 2. The van der Waals surface area contributed by atoms with Crippen LogP contribution in [0.4, 0.5) is 5.13 Å². The van der Waals surface area contributed by atoms with Crippen LogP contribution in [0.2, 0.25) is 5.02 Å². The van der Waals surface area contributed by atoms with Crippen molar-refractivity contribution < 1.29 is 4.79 Å². The summed E-state index contributed by atoms with van der Waals surface area (Å²) in [7, 11) is 0. The van der Waals surface area contributed by atoms with Crippen LogP contribution in [-0.4, -0.2) is 10.9 Å². The lowest BCUT2D eigenvalue weighted by Gasteiger charge is -2.02. The number of halogens is 1. The van der Waals surface area contributed by atoms with Gasteiger partial charge in [-0.25, -0.2) is 4.98 Å². The molecule has 3 rings (SSSR count). The van der Waals surface area contributed by atoms with Crippen LogP contribution in [0.15, 0.2) is 53.9 Å². The van der Waals surface area contributed by atoms with Crippen molar-refractivity contribution in [1.82, 2.24) is 4.98 Å². The van der Waals surface area contributed by atoms with E-state index in [2.05, 4.69) is 10.3 Å². The number of anilines is 1. The first-order valence-corrected chi connectivity index (χ1v) is 8.43. The third-order valence-corrected chi connectivity index (χ3v) is 4.35. The van der Waals surface area contributed by atoms with E-state index in [4.69, 9.17) is 11.6 Å². The summed E-state index contributed by atoms with van der Waals surface area (Å²) in [5.74, 6) is -0.0687. The number of carbonyl (C=O) groups excluding carboxylic acids is 1. The van der Waals surface area contributed by atoms with Crippen molar-refractivity contribution >= 4 is 34.0 Å². The average molecular weight is 343 g/mol. The molecule has 1 amide bonds. The second-order valence-electron chi connectivity index (χ2n) is 5.26. The Hall–Kier alpha value is -2.17. The van der Waals surface area contributed by atoms with E-state index in [9.17, 15) is 4.79 Å². The standard InChI is InChI=1S/C18H15ClN2OS/c1-12-5-7-13(8-6-12)9-17(22)21-18-20-16(11-23-18)14-3-2-4-15(19)10-14/h2-8,10-11H,9H2,1H3,(H,20,21,22). The van der Waals surface area contributed by atoms with Gasteiger partial charge in [0.25, 0.3) is 0 Å². The number of rotatable bonds is 4. The van der Waals surface area contributed by atoms with E-state index in [0.717, 1.165) is 16.8 Å². The summed E-state index contributed by atoms with van der Waals surface area (Å²) in [4.78, 5) is 16.5. The number of nitrogens with one attached hydrogen (secondary N) is 1. The van der Waals surface area contributed by atoms with Gasteiger partial charge in [0.1, 0.15) is 0 Å². The number of hydrogen-bond acceptors (Lipinski definition) is 3. The lowest BCUT2D eigenvalue weighted by atomic mass is 10.1. The van der Waals surface area contributed by atoms with E-state index in [1.807, 2.05) is 60.8 Å². The number of nitrogens with zero attached hydrogens (tertiary/aromatic N) is 1. The molecule has 0 aliphatic rings. The Kier molecular flexibility index (Phi) is 4.74. The third kappa shape index (κ3) is 4.18. The fourth-order valence-electron chi connectivity index (χ4n) is 2.17. The van der Waals surface area contributed by atoms with Gasteiger partial charge in [-0.2, -0.15) is 0 Å². The van der Waals surface area contributed by atoms with Gasteiger partial charge >= 0.3 is 0 Å². The van der Waals surface area contributed by atoms with Crippen LogP contribution in [0, 0.1) is 6.92 Å². The summed E-state index contributed by atoms with van der Waals surface area (Å²) in [6, 6.07) is 15.4. The maximum atomic E-state index is 12.1. The van der Waals surface area contributed by atoms with Crippen LogP contribution >= 0.6 is 22.9 Å². The van der Waals surface area contributed by atoms with E-state index in [1.54, 1.807) is 0 Å². The predicted octanol–water partition coefficient (Wildman–Crippen LogP) is 4.95. The van der Waals surface area contributed by atoms with Gasteiger partial charge in [0, 0.05) is 16.0 Å². The number of aryl methyl sites for hydroxylation is 1. The van der Waals surface area contributed by atoms with E-state index >= 15 is 0 Å². The van der Waals surface area contributed by atoms with Crippen molar-refractivity contribution in [2.75, 3.05) is 5.32 Å². The van der Waals surface area contributed by atoms with E-state index in [0.29, 0.717) is 16.6 Å². The highest BCUT2D eigenvalue weighted by Crippen LogP contribution is 2.26. The van der Waals surface area contributed by atoms with Crippen LogP contribution in [0.5, 0.6) is 0 Å². The second-order valence-corrected chi connectivity index (χ2v) is 6.55. The van der Waals surface area contributed by atoms with Gasteiger partial charge in [0.05, 0.1) is 12.1 Å². The third-order valence-electron chi connectivity index (χ3n) is 3.36.